The fraction of sp³-hybridized carbons (Fsp3) is 0.111. The summed E-state index contributed by atoms with van der Waals surface area (Å²) in [6, 6.07) is 10.1. The number of Topliss-reactive ketones (excluding diaryl/α,β-unsaturated/α-hetero) is 1. The van der Waals surface area contributed by atoms with Gasteiger partial charge in [0, 0.05) is 78.2 Å². The van der Waals surface area contributed by atoms with Crippen LogP contribution in [0, 0.1) is 49.4 Å². The second-order valence-electron chi connectivity index (χ2n) is 5.85. The number of alkyl halides is 3. The Hall–Kier alpha value is -1.79. The van der Waals surface area contributed by atoms with Gasteiger partial charge in [-0.15, -0.1) is 0 Å². The van der Waals surface area contributed by atoms with E-state index >= 15 is 0 Å². The zero-order chi connectivity index (χ0) is 18.8. The van der Waals surface area contributed by atoms with Crippen molar-refractivity contribution >= 4 is 38.6 Å². The number of aromatic nitrogens is 1. The van der Waals surface area contributed by atoms with Crippen LogP contribution < -0.4 is 5.63 Å². The van der Waals surface area contributed by atoms with Crippen LogP contribution in [0.25, 0.3) is 32.8 Å². The third kappa shape index (κ3) is 3.73. The topological polar surface area (TPSA) is 135 Å². The molecule has 0 saturated carbocycles. The minimum Gasteiger partial charge on any atom is -0.506 e. The number of nitrogens with zero attached hydrogens (tertiary/aromatic N) is 1. The van der Waals surface area contributed by atoms with Crippen molar-refractivity contribution in [1.29, 1.82) is 0 Å². The van der Waals surface area contributed by atoms with Crippen LogP contribution in [0.5, 0.6) is 5.75 Å². The number of para-hydroxylation sites is 1. The summed E-state index contributed by atoms with van der Waals surface area (Å²) in [4.78, 5) is 23.5. The maximum atomic E-state index is 12.8. The summed E-state index contributed by atoms with van der Waals surface area (Å²) in [5.74, 6) is -3.47. The number of rotatable bonds is 1. The zero-order valence-corrected chi connectivity index (χ0v) is 17.0. The molecule has 5 N–H and O–H groups in total. The van der Waals surface area contributed by atoms with Crippen molar-refractivity contribution in [2.75, 3.05) is 0 Å². The first-order chi connectivity index (χ1) is 12.2. The van der Waals surface area contributed by atoms with Crippen molar-refractivity contribution in [1.82, 2.24) is 4.57 Å². The maximum absolute atomic E-state index is 12.8. The quantitative estimate of drug-likeness (QED) is 0.288. The van der Waals surface area contributed by atoms with E-state index in [-0.39, 0.29) is 71.3 Å². The first kappa shape index (κ1) is 25.3. The van der Waals surface area contributed by atoms with Gasteiger partial charge in [-0.2, -0.15) is 13.2 Å². The number of halogens is 3. The van der Waals surface area contributed by atoms with Crippen LogP contribution >= 0.6 is 0 Å². The molecule has 0 fully saturated rings. The summed E-state index contributed by atoms with van der Waals surface area (Å²) in [7, 11) is 1.76. The van der Waals surface area contributed by atoms with E-state index in [0.29, 0.717) is 16.3 Å². The number of carbonyl (C=O) groups is 1. The first-order valence-corrected chi connectivity index (χ1v) is 7.49. The van der Waals surface area contributed by atoms with E-state index in [0.717, 1.165) is 5.52 Å². The van der Waals surface area contributed by atoms with Crippen LogP contribution in [0.1, 0.15) is 10.4 Å². The van der Waals surface area contributed by atoms with Crippen LogP contribution in [0.2, 0.25) is 0 Å². The van der Waals surface area contributed by atoms with Crippen molar-refractivity contribution in [3.05, 3.63) is 52.4 Å². The second kappa shape index (κ2) is 8.53. The number of hydrogen-bond donors (Lipinski definition) is 1. The molecule has 4 rings (SSSR count). The number of hydrogen-bond acceptors (Lipinski definition) is 4. The largest absolute Gasteiger partial charge is 0.506 e. The van der Waals surface area contributed by atoms with E-state index in [1.54, 1.807) is 41.9 Å². The van der Waals surface area contributed by atoms with Gasteiger partial charge in [-0.1, -0.05) is 18.2 Å². The molecule has 7 nitrogen and oxygen atoms in total. The SMILES string of the molecule is Cn1c2ccccc2c2c3c(O)c(C(=O)C(F)(F)F)c(=O)oc3ccc21.O.O.[Eu]. The van der Waals surface area contributed by atoms with Gasteiger partial charge in [-0.05, 0) is 18.2 Å². The average Bonchev–Trinajstić information content (AvgIpc) is 2.87. The molecule has 2 heterocycles. The molecule has 0 atom stereocenters. The van der Waals surface area contributed by atoms with Gasteiger partial charge in [0.25, 0.3) is 5.78 Å². The molecule has 0 aliphatic heterocycles. The Kier molecular flexibility index (Phi) is 7.42. The van der Waals surface area contributed by atoms with Gasteiger partial charge in [0.15, 0.2) is 5.56 Å². The Labute approximate surface area is 200 Å². The number of aryl methyl sites for hydroxylation is 1. The van der Waals surface area contributed by atoms with Gasteiger partial charge in [0.1, 0.15) is 11.3 Å². The molecule has 2 aromatic carbocycles. The Morgan fingerprint density at radius 3 is 2.28 bits per heavy atom. The minimum absolute atomic E-state index is 0. The molecule has 0 saturated heterocycles. The molecule has 11 heteroatoms. The maximum Gasteiger partial charge on any atom is 0.455 e. The Balaban J connectivity index is 0.00000140. The molecule has 1 radical (unpaired) electrons. The van der Waals surface area contributed by atoms with E-state index in [2.05, 4.69) is 0 Å². The van der Waals surface area contributed by atoms with Crippen molar-refractivity contribution in [3.63, 3.8) is 0 Å². The summed E-state index contributed by atoms with van der Waals surface area (Å²) in [6.45, 7) is 0. The number of fused-ring (bicyclic) bond motifs is 5. The summed E-state index contributed by atoms with van der Waals surface area (Å²) >= 11 is 0. The summed E-state index contributed by atoms with van der Waals surface area (Å²) < 4.78 is 45.2. The molecule has 29 heavy (non-hydrogen) atoms. The monoisotopic (exact) mass is 550 g/mol. The summed E-state index contributed by atoms with van der Waals surface area (Å²) in [6.07, 6.45) is -5.31. The van der Waals surface area contributed by atoms with Crippen LogP contribution in [-0.2, 0) is 7.05 Å². The van der Waals surface area contributed by atoms with Gasteiger partial charge < -0.3 is 25.0 Å². The van der Waals surface area contributed by atoms with E-state index < -0.39 is 28.9 Å². The third-order valence-electron chi connectivity index (χ3n) is 4.41. The zero-order valence-electron chi connectivity index (χ0n) is 14.6. The van der Waals surface area contributed by atoms with Crippen LogP contribution in [0.15, 0.2) is 45.6 Å². The normalized spacial score (nSPS) is 11.0. The van der Waals surface area contributed by atoms with Crippen LogP contribution in [0.3, 0.4) is 0 Å². The van der Waals surface area contributed by atoms with Crippen molar-refractivity contribution in [2.24, 2.45) is 7.05 Å². The van der Waals surface area contributed by atoms with E-state index in [4.69, 9.17) is 4.42 Å². The van der Waals surface area contributed by atoms with E-state index in [1.807, 2.05) is 0 Å². The predicted octanol–water partition coefficient (Wildman–Crippen LogP) is 2.24. The minimum atomic E-state index is -5.31. The van der Waals surface area contributed by atoms with Gasteiger partial charge in [0.2, 0.25) is 0 Å². The summed E-state index contributed by atoms with van der Waals surface area (Å²) in [5, 5.41) is 11.4. The van der Waals surface area contributed by atoms with Gasteiger partial charge in [-0.3, -0.25) is 4.79 Å². The van der Waals surface area contributed by atoms with Gasteiger partial charge in [-0.25, -0.2) is 4.79 Å². The predicted molar refractivity (Wildman–Crippen MR) is 95.7 cm³/mol. The molecular weight excluding hydrogens is 535 g/mol. The molecule has 4 aromatic rings. The number of carbonyl (C=O) groups excluding carboxylic acids is 1. The number of benzene rings is 2. The molecule has 2 aromatic heterocycles. The van der Waals surface area contributed by atoms with E-state index in [9.17, 15) is 27.9 Å². The standard InChI is InChI=1S/C18H10F3NO4.Eu.2H2O/c1-22-9-5-3-2-4-8(9)12-10(22)6-7-11-13(12)15(23)14(17(25)26-11)16(24)18(19,20)21;;;/h2-7,23H,1H3;;2*1H2. The third-order valence-corrected chi connectivity index (χ3v) is 4.41. The van der Waals surface area contributed by atoms with Crippen LogP contribution in [0.4, 0.5) is 13.2 Å². The molecule has 155 valence electrons. The molecule has 0 aliphatic carbocycles. The molecular formula is C18H14EuF3NO6. The fourth-order valence-electron chi connectivity index (χ4n) is 3.27. The molecule has 0 unspecified atom stereocenters. The van der Waals surface area contributed by atoms with Crippen molar-refractivity contribution < 1.29 is 87.8 Å². The first-order valence-electron chi connectivity index (χ1n) is 7.49. The molecule has 0 amide bonds. The smallest absolute Gasteiger partial charge is 0.455 e. The van der Waals surface area contributed by atoms with Crippen molar-refractivity contribution in [3.8, 4) is 5.75 Å². The fourth-order valence-corrected chi connectivity index (χ4v) is 3.27. The van der Waals surface area contributed by atoms with E-state index in [1.165, 1.54) is 6.07 Å². The molecule has 0 spiro atoms. The Bertz CT molecular complexity index is 1290. The molecule has 0 bridgehead atoms. The second-order valence-corrected chi connectivity index (χ2v) is 5.85. The Morgan fingerprint density at radius 2 is 1.66 bits per heavy atom. The van der Waals surface area contributed by atoms with Crippen LogP contribution in [-0.4, -0.2) is 32.6 Å². The number of aromatic hydroxyl groups is 1. The van der Waals surface area contributed by atoms with Crippen molar-refractivity contribution in [2.45, 2.75) is 6.18 Å². The molecule has 0 aliphatic rings. The Morgan fingerprint density at radius 1 is 1.03 bits per heavy atom. The number of ketones is 1. The van der Waals surface area contributed by atoms with Gasteiger partial charge >= 0.3 is 11.8 Å². The summed E-state index contributed by atoms with van der Waals surface area (Å²) in [5.41, 5.74) is -1.67. The average molecular weight is 549 g/mol. The van der Waals surface area contributed by atoms with Gasteiger partial charge in [0.05, 0.1) is 5.39 Å².